The molecule has 0 aromatic heterocycles. The third kappa shape index (κ3) is 4.36. The van der Waals surface area contributed by atoms with Gasteiger partial charge in [-0.1, -0.05) is 29.3 Å². The highest BCUT2D eigenvalue weighted by Crippen LogP contribution is 2.28. The van der Waals surface area contributed by atoms with E-state index >= 15 is 0 Å². The maximum Gasteiger partial charge on any atom is 0.276 e. The summed E-state index contributed by atoms with van der Waals surface area (Å²) >= 11 is 11.9. The first-order valence-electron chi connectivity index (χ1n) is 7.42. The Bertz CT molecular complexity index is 592. The summed E-state index contributed by atoms with van der Waals surface area (Å²) in [6.07, 6.45) is 3.50. The summed E-state index contributed by atoms with van der Waals surface area (Å²) in [6, 6.07) is 7.76. The normalized spacial score (nSPS) is 17.7. The first-order chi connectivity index (χ1) is 10.4. The fourth-order valence-electron chi connectivity index (χ4n) is 2.89. The van der Waals surface area contributed by atoms with Gasteiger partial charge in [0.2, 0.25) is 0 Å². The summed E-state index contributed by atoms with van der Waals surface area (Å²) in [5.41, 5.74) is 0.372. The molecule has 0 heterocycles. The van der Waals surface area contributed by atoms with Crippen LogP contribution in [0, 0.1) is 11.3 Å². The van der Waals surface area contributed by atoms with Crippen LogP contribution in [0.15, 0.2) is 18.2 Å². The fourth-order valence-corrected chi connectivity index (χ4v) is 3.21. The van der Waals surface area contributed by atoms with Crippen LogP contribution >= 0.6 is 23.2 Å². The Morgan fingerprint density at radius 1 is 1.36 bits per heavy atom. The van der Waals surface area contributed by atoms with E-state index in [1.165, 1.54) is 0 Å². The second kappa shape index (κ2) is 7.32. The van der Waals surface area contributed by atoms with E-state index in [-0.39, 0.29) is 5.91 Å². The quantitative estimate of drug-likeness (QED) is 0.860. The molecule has 6 heteroatoms. The number of carbonyl (C=O) groups is 1. The Labute approximate surface area is 141 Å². The van der Waals surface area contributed by atoms with Crippen molar-refractivity contribution in [1.82, 2.24) is 5.32 Å². The zero-order chi connectivity index (χ0) is 16.2. The van der Waals surface area contributed by atoms with Gasteiger partial charge in [0.15, 0.2) is 6.54 Å². The molecule has 118 valence electrons. The predicted molar refractivity (Wildman–Crippen MR) is 86.9 cm³/mol. The number of hydrogen-bond donors (Lipinski definition) is 2. The molecule has 4 nitrogen and oxygen atoms in total. The van der Waals surface area contributed by atoms with Crippen molar-refractivity contribution >= 4 is 29.1 Å². The summed E-state index contributed by atoms with van der Waals surface area (Å²) in [7, 11) is 1.94. The number of nitriles is 1. The topological polar surface area (TPSA) is 57.3 Å². The predicted octanol–water partition coefficient (Wildman–Crippen LogP) is 1.96. The van der Waals surface area contributed by atoms with Crippen LogP contribution in [-0.4, -0.2) is 25.0 Å². The molecule has 1 atom stereocenters. The average molecular weight is 341 g/mol. The van der Waals surface area contributed by atoms with Gasteiger partial charge in [-0.15, -0.1) is 0 Å². The molecule has 1 unspecified atom stereocenters. The van der Waals surface area contributed by atoms with E-state index in [0.29, 0.717) is 23.1 Å². The molecule has 0 spiro atoms. The van der Waals surface area contributed by atoms with Crippen molar-refractivity contribution in [3.05, 3.63) is 33.8 Å². The van der Waals surface area contributed by atoms with E-state index in [9.17, 15) is 10.1 Å². The van der Waals surface area contributed by atoms with Crippen LogP contribution in [0.2, 0.25) is 10.0 Å². The van der Waals surface area contributed by atoms with Crippen LogP contribution in [0.3, 0.4) is 0 Å². The smallest absolute Gasteiger partial charge is 0.276 e. The van der Waals surface area contributed by atoms with Crippen molar-refractivity contribution in [3.63, 3.8) is 0 Å². The molecule has 1 aromatic rings. The molecule has 1 aromatic carbocycles. The van der Waals surface area contributed by atoms with Crippen LogP contribution in [-0.2, 0) is 11.3 Å². The summed E-state index contributed by atoms with van der Waals surface area (Å²) in [4.78, 5) is 13.2. The van der Waals surface area contributed by atoms with Crippen molar-refractivity contribution in [1.29, 1.82) is 5.26 Å². The summed E-state index contributed by atoms with van der Waals surface area (Å²) in [6.45, 7) is 0.994. The lowest BCUT2D eigenvalue weighted by Gasteiger charge is -2.23. The third-order valence-corrected chi connectivity index (χ3v) is 4.74. The van der Waals surface area contributed by atoms with Gasteiger partial charge >= 0.3 is 0 Å². The summed E-state index contributed by atoms with van der Waals surface area (Å²) < 4.78 is 0. The maximum absolute atomic E-state index is 12.2. The largest absolute Gasteiger partial charge is 0.333 e. The molecule has 0 aliphatic heterocycles. The van der Waals surface area contributed by atoms with Gasteiger partial charge in [0, 0.05) is 5.56 Å². The lowest BCUT2D eigenvalue weighted by molar-refractivity contribution is -0.885. The van der Waals surface area contributed by atoms with Gasteiger partial charge in [0.25, 0.3) is 5.91 Å². The van der Waals surface area contributed by atoms with Crippen molar-refractivity contribution in [2.45, 2.75) is 37.8 Å². The highest BCUT2D eigenvalue weighted by molar-refractivity contribution is 6.42. The van der Waals surface area contributed by atoms with Gasteiger partial charge in [-0.05, 0) is 37.8 Å². The molecule has 1 saturated carbocycles. The minimum Gasteiger partial charge on any atom is -0.333 e. The molecule has 1 aliphatic carbocycles. The molecule has 1 amide bonds. The molecule has 2 rings (SSSR count). The highest BCUT2D eigenvalue weighted by Gasteiger charge is 2.35. The fraction of sp³-hybridized carbons (Fsp3) is 0.500. The van der Waals surface area contributed by atoms with Crippen molar-refractivity contribution in [2.24, 2.45) is 0 Å². The Balaban J connectivity index is 1.88. The van der Waals surface area contributed by atoms with E-state index in [1.807, 2.05) is 19.2 Å². The molecule has 0 radical (unpaired) electrons. The Hall–Kier alpha value is -1.28. The second-order valence-electron chi connectivity index (χ2n) is 6.01. The average Bonchev–Trinajstić information content (AvgIpc) is 2.91. The Kier molecular flexibility index (Phi) is 5.69. The lowest BCUT2D eigenvalue weighted by atomic mass is 10.00. The minimum atomic E-state index is -0.652. The lowest BCUT2D eigenvalue weighted by Crippen LogP contribution is -3.09. The molecular formula is C16H20Cl2N3O+. The van der Waals surface area contributed by atoms with E-state index in [0.717, 1.165) is 36.1 Å². The zero-order valence-electron chi connectivity index (χ0n) is 12.6. The minimum absolute atomic E-state index is 0.0824. The Morgan fingerprint density at radius 3 is 2.64 bits per heavy atom. The van der Waals surface area contributed by atoms with Gasteiger partial charge in [-0.3, -0.25) is 4.79 Å². The highest BCUT2D eigenvalue weighted by atomic mass is 35.5. The van der Waals surface area contributed by atoms with E-state index in [4.69, 9.17) is 23.2 Å². The number of likely N-dealkylation sites (N-methyl/N-ethyl adjacent to an activating group) is 1. The van der Waals surface area contributed by atoms with E-state index in [1.54, 1.807) is 6.07 Å². The molecule has 1 fully saturated rings. The number of amides is 1. The van der Waals surface area contributed by atoms with Crippen LogP contribution < -0.4 is 10.2 Å². The standard InChI is InChI=1S/C16H19Cl2N3O/c1-21(9-12-4-5-13(17)14(18)8-12)10-15(22)20-16(11-19)6-2-3-7-16/h4-5,8H,2-3,6-7,9-10H2,1H3,(H,20,22)/p+1. The van der Waals surface area contributed by atoms with Gasteiger partial charge in [0.1, 0.15) is 12.1 Å². The maximum atomic E-state index is 12.2. The number of benzene rings is 1. The third-order valence-electron chi connectivity index (χ3n) is 4.00. The first-order valence-corrected chi connectivity index (χ1v) is 8.17. The second-order valence-corrected chi connectivity index (χ2v) is 6.82. The number of quaternary nitrogens is 1. The molecule has 22 heavy (non-hydrogen) atoms. The number of carbonyl (C=O) groups excluding carboxylic acids is 1. The molecule has 2 N–H and O–H groups in total. The summed E-state index contributed by atoms with van der Waals surface area (Å²) in [5, 5.41) is 13.2. The number of nitrogens with one attached hydrogen (secondary N) is 2. The molecular weight excluding hydrogens is 321 g/mol. The van der Waals surface area contributed by atoms with Gasteiger partial charge in [0.05, 0.1) is 23.2 Å². The monoisotopic (exact) mass is 340 g/mol. The molecule has 0 bridgehead atoms. The number of rotatable bonds is 5. The Morgan fingerprint density at radius 2 is 2.05 bits per heavy atom. The molecule has 0 saturated heterocycles. The van der Waals surface area contributed by atoms with Crippen molar-refractivity contribution < 1.29 is 9.69 Å². The van der Waals surface area contributed by atoms with E-state index in [2.05, 4.69) is 11.4 Å². The van der Waals surface area contributed by atoms with Crippen LogP contribution in [0.25, 0.3) is 0 Å². The van der Waals surface area contributed by atoms with Gasteiger partial charge in [-0.25, -0.2) is 0 Å². The number of nitrogens with zero attached hydrogens (tertiary/aromatic N) is 1. The van der Waals surface area contributed by atoms with Crippen LogP contribution in [0.4, 0.5) is 0 Å². The van der Waals surface area contributed by atoms with Crippen molar-refractivity contribution in [3.8, 4) is 6.07 Å². The van der Waals surface area contributed by atoms with Gasteiger partial charge in [-0.2, -0.15) is 5.26 Å². The van der Waals surface area contributed by atoms with Crippen LogP contribution in [0.1, 0.15) is 31.2 Å². The SMILES string of the molecule is C[NH+](CC(=O)NC1(C#N)CCCC1)Cc1ccc(Cl)c(Cl)c1. The van der Waals surface area contributed by atoms with Crippen molar-refractivity contribution in [2.75, 3.05) is 13.6 Å². The zero-order valence-corrected chi connectivity index (χ0v) is 14.1. The molecule has 1 aliphatic rings. The van der Waals surface area contributed by atoms with Gasteiger partial charge < -0.3 is 10.2 Å². The summed E-state index contributed by atoms with van der Waals surface area (Å²) in [5.74, 6) is -0.0824. The van der Waals surface area contributed by atoms with Crippen LogP contribution in [0.5, 0.6) is 0 Å². The number of hydrogen-bond acceptors (Lipinski definition) is 2. The number of halogens is 2. The van der Waals surface area contributed by atoms with E-state index < -0.39 is 5.54 Å². The first kappa shape index (κ1) is 17.1.